The minimum atomic E-state index is -1.10. The van der Waals surface area contributed by atoms with Crippen molar-refractivity contribution in [2.75, 3.05) is 0 Å². The van der Waals surface area contributed by atoms with Crippen LogP contribution in [0.15, 0.2) is 48.7 Å². The van der Waals surface area contributed by atoms with Gasteiger partial charge in [-0.15, -0.1) is 0 Å². The molecular weight excluding hydrogens is 292 g/mol. The van der Waals surface area contributed by atoms with Crippen molar-refractivity contribution < 1.29 is 14.6 Å². The van der Waals surface area contributed by atoms with Crippen LogP contribution in [0.25, 0.3) is 10.9 Å². The van der Waals surface area contributed by atoms with Crippen molar-refractivity contribution in [3.05, 3.63) is 59.4 Å². The maximum atomic E-state index is 11.0. The van der Waals surface area contributed by atoms with Crippen LogP contribution in [0, 0.1) is 0 Å². The summed E-state index contributed by atoms with van der Waals surface area (Å²) in [4.78, 5) is 19.2. The van der Waals surface area contributed by atoms with Gasteiger partial charge in [0, 0.05) is 11.5 Å². The van der Waals surface area contributed by atoms with Gasteiger partial charge in [-0.25, -0.2) is 9.78 Å². The van der Waals surface area contributed by atoms with Crippen LogP contribution in [0.5, 0.6) is 11.6 Å². The van der Waals surface area contributed by atoms with Crippen molar-refractivity contribution in [1.29, 1.82) is 0 Å². The Bertz CT molecular complexity index is 836. The number of pyridine rings is 2. The second-order valence-electron chi connectivity index (χ2n) is 4.29. The molecule has 1 N–H and O–H groups in total. The molecule has 0 amide bonds. The summed E-state index contributed by atoms with van der Waals surface area (Å²) in [5.74, 6) is -0.530. The van der Waals surface area contributed by atoms with Crippen LogP contribution in [0.2, 0.25) is 5.15 Å². The summed E-state index contributed by atoms with van der Waals surface area (Å²) >= 11 is 5.79. The number of nitrogens with zero attached hydrogens (tertiary/aromatic N) is 2. The van der Waals surface area contributed by atoms with Gasteiger partial charge in [-0.05, 0) is 18.2 Å². The average molecular weight is 301 g/mol. The summed E-state index contributed by atoms with van der Waals surface area (Å²) in [6.07, 6.45) is 1.55. The predicted molar refractivity (Wildman–Crippen MR) is 78.0 cm³/mol. The van der Waals surface area contributed by atoms with Gasteiger partial charge in [0.05, 0.1) is 17.3 Å². The number of halogens is 1. The number of fused-ring (bicyclic) bond motifs is 1. The monoisotopic (exact) mass is 300 g/mol. The quantitative estimate of drug-likeness (QED) is 0.745. The number of benzene rings is 1. The second kappa shape index (κ2) is 5.38. The van der Waals surface area contributed by atoms with Crippen molar-refractivity contribution in [2.45, 2.75) is 0 Å². The normalized spacial score (nSPS) is 10.5. The predicted octanol–water partition coefficient (Wildman–Crippen LogP) is 3.77. The van der Waals surface area contributed by atoms with Crippen molar-refractivity contribution in [3.8, 4) is 11.6 Å². The van der Waals surface area contributed by atoms with Gasteiger partial charge in [0.2, 0.25) is 5.88 Å². The molecule has 3 aromatic rings. The first-order valence-electron chi connectivity index (χ1n) is 6.05. The highest BCUT2D eigenvalue weighted by molar-refractivity contribution is 6.29. The molecule has 0 spiro atoms. The molecule has 0 radical (unpaired) electrons. The number of aromatic carboxylic acids is 1. The number of carboxylic acid groups (broad SMARTS) is 1. The lowest BCUT2D eigenvalue weighted by Gasteiger charge is -2.06. The number of carbonyl (C=O) groups is 1. The van der Waals surface area contributed by atoms with Gasteiger partial charge in [-0.1, -0.05) is 29.8 Å². The Morgan fingerprint density at radius 3 is 2.81 bits per heavy atom. The molecule has 2 heterocycles. The first-order chi connectivity index (χ1) is 10.1. The number of para-hydroxylation sites is 1. The van der Waals surface area contributed by atoms with Crippen molar-refractivity contribution in [3.63, 3.8) is 0 Å². The van der Waals surface area contributed by atoms with Crippen LogP contribution in [-0.4, -0.2) is 21.0 Å². The van der Waals surface area contributed by atoms with Crippen LogP contribution in [0.1, 0.15) is 10.4 Å². The average Bonchev–Trinajstić information content (AvgIpc) is 2.46. The first kappa shape index (κ1) is 13.3. The lowest BCUT2D eigenvalue weighted by Crippen LogP contribution is -1.98. The van der Waals surface area contributed by atoms with Gasteiger partial charge >= 0.3 is 5.97 Å². The fraction of sp³-hybridized carbons (Fsp3) is 0. The Labute approximate surface area is 124 Å². The van der Waals surface area contributed by atoms with Gasteiger partial charge in [0.25, 0.3) is 0 Å². The van der Waals surface area contributed by atoms with Crippen LogP contribution < -0.4 is 4.74 Å². The molecule has 6 heteroatoms. The fourth-order valence-electron chi connectivity index (χ4n) is 1.88. The lowest BCUT2D eigenvalue weighted by molar-refractivity contribution is 0.0696. The largest absolute Gasteiger partial charge is 0.478 e. The highest BCUT2D eigenvalue weighted by atomic mass is 35.5. The summed E-state index contributed by atoms with van der Waals surface area (Å²) in [5, 5.41) is 9.95. The lowest BCUT2D eigenvalue weighted by atomic mass is 10.2. The molecule has 0 aliphatic rings. The molecule has 0 aliphatic carbocycles. The van der Waals surface area contributed by atoms with E-state index in [1.54, 1.807) is 12.3 Å². The van der Waals surface area contributed by atoms with E-state index in [9.17, 15) is 4.79 Å². The zero-order valence-electron chi connectivity index (χ0n) is 10.7. The standard InChI is InChI=1S/C15H9ClN2O3/c16-13-6-10(15(19)20)7-14(18-13)21-11-5-9-3-1-2-4-12(9)17-8-11/h1-8H,(H,19,20). The van der Waals surface area contributed by atoms with Crippen molar-refractivity contribution in [1.82, 2.24) is 9.97 Å². The van der Waals surface area contributed by atoms with E-state index in [0.717, 1.165) is 10.9 Å². The molecule has 0 saturated carbocycles. The van der Waals surface area contributed by atoms with E-state index in [2.05, 4.69) is 9.97 Å². The molecule has 0 saturated heterocycles. The molecule has 0 bridgehead atoms. The van der Waals surface area contributed by atoms with Crippen molar-refractivity contribution >= 4 is 28.5 Å². The molecule has 0 unspecified atom stereocenters. The van der Waals surface area contributed by atoms with E-state index in [1.165, 1.54) is 12.1 Å². The Morgan fingerprint density at radius 2 is 2.00 bits per heavy atom. The maximum Gasteiger partial charge on any atom is 0.335 e. The minimum Gasteiger partial charge on any atom is -0.478 e. The van der Waals surface area contributed by atoms with Crippen LogP contribution in [-0.2, 0) is 0 Å². The van der Waals surface area contributed by atoms with Crippen molar-refractivity contribution in [2.24, 2.45) is 0 Å². The summed E-state index contributed by atoms with van der Waals surface area (Å²) in [6.45, 7) is 0. The third-order valence-electron chi connectivity index (χ3n) is 2.81. The van der Waals surface area contributed by atoms with E-state index in [1.807, 2.05) is 24.3 Å². The number of hydrogen-bond donors (Lipinski definition) is 1. The van der Waals surface area contributed by atoms with Crippen LogP contribution in [0.3, 0.4) is 0 Å². The number of rotatable bonds is 3. The van der Waals surface area contributed by atoms with Gasteiger partial charge in [-0.3, -0.25) is 4.98 Å². The van der Waals surface area contributed by atoms with Gasteiger partial charge in [-0.2, -0.15) is 0 Å². The molecule has 0 aliphatic heterocycles. The topological polar surface area (TPSA) is 72.3 Å². The summed E-state index contributed by atoms with van der Waals surface area (Å²) in [6, 6.07) is 12.0. The molecule has 0 fully saturated rings. The Morgan fingerprint density at radius 1 is 1.19 bits per heavy atom. The van der Waals surface area contributed by atoms with Gasteiger partial charge in [0.1, 0.15) is 10.9 Å². The van der Waals surface area contributed by atoms with E-state index in [-0.39, 0.29) is 16.6 Å². The molecule has 2 aromatic heterocycles. The SMILES string of the molecule is O=C(O)c1cc(Cl)nc(Oc2cnc3ccccc3c2)c1. The minimum absolute atomic E-state index is 0.0127. The number of carboxylic acids is 1. The fourth-order valence-corrected chi connectivity index (χ4v) is 2.08. The molecule has 0 atom stereocenters. The third kappa shape index (κ3) is 2.93. The number of aromatic nitrogens is 2. The van der Waals surface area contributed by atoms with Crippen LogP contribution >= 0.6 is 11.6 Å². The molecule has 5 nitrogen and oxygen atoms in total. The van der Waals surface area contributed by atoms with E-state index < -0.39 is 5.97 Å². The summed E-state index contributed by atoms with van der Waals surface area (Å²) in [5.41, 5.74) is 0.855. The van der Waals surface area contributed by atoms with E-state index >= 15 is 0 Å². The summed E-state index contributed by atoms with van der Waals surface area (Å²) < 4.78 is 5.54. The van der Waals surface area contributed by atoms with Gasteiger partial charge in [0.15, 0.2) is 0 Å². The zero-order chi connectivity index (χ0) is 14.8. The van der Waals surface area contributed by atoms with E-state index in [4.69, 9.17) is 21.4 Å². The number of hydrogen-bond acceptors (Lipinski definition) is 4. The highest BCUT2D eigenvalue weighted by Gasteiger charge is 2.09. The van der Waals surface area contributed by atoms with Gasteiger partial charge < -0.3 is 9.84 Å². The molecule has 104 valence electrons. The third-order valence-corrected chi connectivity index (χ3v) is 3.00. The highest BCUT2D eigenvalue weighted by Crippen LogP contribution is 2.25. The van der Waals surface area contributed by atoms with Crippen LogP contribution in [0.4, 0.5) is 0 Å². The molecule has 1 aromatic carbocycles. The summed E-state index contributed by atoms with van der Waals surface area (Å²) in [7, 11) is 0. The second-order valence-corrected chi connectivity index (χ2v) is 4.67. The Hall–Kier alpha value is -2.66. The smallest absolute Gasteiger partial charge is 0.335 e. The molecular formula is C15H9ClN2O3. The maximum absolute atomic E-state index is 11.0. The molecule has 21 heavy (non-hydrogen) atoms. The first-order valence-corrected chi connectivity index (χ1v) is 6.43. The Kier molecular flexibility index (Phi) is 3.41. The number of ether oxygens (including phenoxy) is 1. The zero-order valence-corrected chi connectivity index (χ0v) is 11.4. The Balaban J connectivity index is 1.96. The van der Waals surface area contributed by atoms with E-state index in [0.29, 0.717) is 5.75 Å². The molecule has 3 rings (SSSR count).